The van der Waals surface area contributed by atoms with Crippen molar-refractivity contribution in [1.82, 2.24) is 0 Å². The summed E-state index contributed by atoms with van der Waals surface area (Å²) in [7, 11) is 1.66. The Labute approximate surface area is 123 Å². The number of hydrogen-bond donors (Lipinski definition) is 0. The van der Waals surface area contributed by atoms with E-state index in [4.69, 9.17) is 28.6 Å². The average Bonchev–Trinajstić information content (AvgIpc) is 2.41. The molecule has 0 amide bonds. The van der Waals surface area contributed by atoms with Gasteiger partial charge >= 0.3 is 124 Å². The molecule has 0 fully saturated rings. The SMILES string of the molecule is COc1ccc(C(=S)[Se]c2ccc(Cl)cc2)cc1. The van der Waals surface area contributed by atoms with Crippen molar-refractivity contribution in [2.45, 2.75) is 0 Å². The molecule has 1 nitrogen and oxygen atoms in total. The predicted octanol–water partition coefficient (Wildman–Crippen LogP) is 3.05. The summed E-state index contributed by atoms with van der Waals surface area (Å²) in [6.07, 6.45) is 0. The molecule has 2 aromatic carbocycles. The Morgan fingerprint density at radius 2 is 1.67 bits per heavy atom. The van der Waals surface area contributed by atoms with Crippen LogP contribution >= 0.6 is 23.8 Å². The summed E-state index contributed by atoms with van der Waals surface area (Å²) in [5.41, 5.74) is 1.08. The Kier molecular flexibility index (Phi) is 4.79. The Bertz CT molecular complexity index is 537. The Balaban J connectivity index is 2.09. The van der Waals surface area contributed by atoms with Crippen LogP contribution < -0.4 is 9.20 Å². The van der Waals surface area contributed by atoms with Crippen LogP contribution in [-0.4, -0.2) is 25.8 Å². The Morgan fingerprint density at radius 3 is 2.22 bits per heavy atom. The third-order valence-electron chi connectivity index (χ3n) is 2.35. The molecule has 0 N–H and O–H groups in total. The van der Waals surface area contributed by atoms with Crippen LogP contribution in [0.5, 0.6) is 5.75 Å². The van der Waals surface area contributed by atoms with Gasteiger partial charge in [0.05, 0.1) is 0 Å². The molecule has 0 saturated heterocycles. The number of thiocarbonyl (C=S) groups is 1. The van der Waals surface area contributed by atoms with E-state index in [2.05, 4.69) is 0 Å². The summed E-state index contributed by atoms with van der Waals surface area (Å²) in [6, 6.07) is 15.7. The van der Waals surface area contributed by atoms with E-state index in [0.717, 1.165) is 20.1 Å². The molecule has 4 heteroatoms. The van der Waals surface area contributed by atoms with Gasteiger partial charge in [0.2, 0.25) is 0 Å². The quantitative estimate of drug-likeness (QED) is 0.624. The summed E-state index contributed by atoms with van der Waals surface area (Å²) in [5.74, 6) is 0.848. The van der Waals surface area contributed by atoms with Crippen LogP contribution in [0, 0.1) is 0 Å². The zero-order valence-corrected chi connectivity index (χ0v) is 13.0. The van der Waals surface area contributed by atoms with Crippen molar-refractivity contribution >= 4 is 47.0 Å². The van der Waals surface area contributed by atoms with Gasteiger partial charge in [0.15, 0.2) is 0 Å². The van der Waals surface area contributed by atoms with E-state index < -0.39 is 0 Å². The van der Waals surface area contributed by atoms with Crippen LogP contribution in [0.3, 0.4) is 0 Å². The molecule has 92 valence electrons. The Hall–Kier alpha value is -0.861. The minimum atomic E-state index is 0.147. The predicted molar refractivity (Wildman–Crippen MR) is 81.5 cm³/mol. The molecule has 2 aromatic rings. The monoisotopic (exact) mass is 342 g/mol. The second-order valence-electron chi connectivity index (χ2n) is 3.57. The number of methoxy groups -OCH3 is 1. The van der Waals surface area contributed by atoms with Gasteiger partial charge in [-0.3, -0.25) is 0 Å². The van der Waals surface area contributed by atoms with Crippen molar-refractivity contribution in [3.63, 3.8) is 0 Å². The maximum atomic E-state index is 5.86. The maximum absolute atomic E-state index is 5.86. The summed E-state index contributed by atoms with van der Waals surface area (Å²) in [5, 5.41) is 0.755. The molecular formula is C14H11ClOSSe. The van der Waals surface area contributed by atoms with E-state index in [1.165, 1.54) is 4.46 Å². The fraction of sp³-hybridized carbons (Fsp3) is 0.0714. The fourth-order valence-electron chi connectivity index (χ4n) is 1.40. The van der Waals surface area contributed by atoms with Crippen LogP contribution in [-0.2, 0) is 0 Å². The third-order valence-corrected chi connectivity index (χ3v) is 5.22. The van der Waals surface area contributed by atoms with Crippen LogP contribution in [0.4, 0.5) is 0 Å². The first-order valence-corrected chi connectivity index (χ1v) is 7.81. The van der Waals surface area contributed by atoms with Crippen molar-refractivity contribution in [2.24, 2.45) is 0 Å². The number of halogens is 1. The number of benzene rings is 2. The molecule has 0 spiro atoms. The molecule has 0 aliphatic carbocycles. The molecule has 0 bridgehead atoms. The standard InChI is InChI=1S/C14H11ClOSSe/c1-16-12-6-2-10(3-7-12)14(17)18-13-8-4-11(15)5-9-13/h2-9H,1H3. The molecular weight excluding hydrogens is 331 g/mol. The topological polar surface area (TPSA) is 9.23 Å². The molecule has 0 unspecified atom stereocenters. The van der Waals surface area contributed by atoms with Crippen molar-refractivity contribution in [1.29, 1.82) is 0 Å². The van der Waals surface area contributed by atoms with Crippen molar-refractivity contribution in [3.05, 3.63) is 59.1 Å². The van der Waals surface area contributed by atoms with E-state index in [9.17, 15) is 0 Å². The molecule has 0 aliphatic rings. The van der Waals surface area contributed by atoms with Crippen LogP contribution in [0.2, 0.25) is 5.02 Å². The summed E-state index contributed by atoms with van der Waals surface area (Å²) < 4.78 is 7.34. The fourth-order valence-corrected chi connectivity index (χ4v) is 3.71. The van der Waals surface area contributed by atoms with E-state index in [1.54, 1.807) is 7.11 Å². The van der Waals surface area contributed by atoms with E-state index >= 15 is 0 Å². The van der Waals surface area contributed by atoms with E-state index in [1.807, 2.05) is 48.5 Å². The first-order valence-electron chi connectivity index (χ1n) is 5.31. The van der Waals surface area contributed by atoms with Crippen molar-refractivity contribution in [3.8, 4) is 5.75 Å². The molecule has 0 aromatic heterocycles. The number of hydrogen-bond acceptors (Lipinski definition) is 2. The van der Waals surface area contributed by atoms with Gasteiger partial charge in [-0.05, 0) is 0 Å². The van der Waals surface area contributed by atoms with Crippen molar-refractivity contribution in [2.75, 3.05) is 7.11 Å². The van der Waals surface area contributed by atoms with Gasteiger partial charge in [0.25, 0.3) is 0 Å². The average molecular weight is 342 g/mol. The summed E-state index contributed by atoms with van der Waals surface area (Å²) in [6.45, 7) is 0. The first-order chi connectivity index (χ1) is 8.69. The second kappa shape index (κ2) is 6.35. The van der Waals surface area contributed by atoms with Crippen LogP contribution in [0.25, 0.3) is 0 Å². The minimum absolute atomic E-state index is 0.147. The van der Waals surface area contributed by atoms with Gasteiger partial charge in [0.1, 0.15) is 0 Å². The normalized spacial score (nSPS) is 10.1. The van der Waals surface area contributed by atoms with Gasteiger partial charge in [-0.25, -0.2) is 0 Å². The van der Waals surface area contributed by atoms with Crippen LogP contribution in [0.1, 0.15) is 5.56 Å². The van der Waals surface area contributed by atoms with Gasteiger partial charge < -0.3 is 0 Å². The molecule has 18 heavy (non-hydrogen) atoms. The number of rotatable bonds is 4. The molecule has 2 rings (SSSR count). The van der Waals surface area contributed by atoms with Gasteiger partial charge in [0, 0.05) is 0 Å². The zero-order valence-electron chi connectivity index (χ0n) is 9.72. The zero-order chi connectivity index (χ0) is 13.0. The van der Waals surface area contributed by atoms with Crippen molar-refractivity contribution < 1.29 is 4.74 Å². The third kappa shape index (κ3) is 3.56. The Morgan fingerprint density at radius 1 is 1.06 bits per heavy atom. The van der Waals surface area contributed by atoms with Gasteiger partial charge in [-0.15, -0.1) is 0 Å². The second-order valence-corrected chi connectivity index (χ2v) is 7.27. The summed E-state index contributed by atoms with van der Waals surface area (Å²) in [4.78, 5) is 0. The molecule has 0 atom stereocenters. The van der Waals surface area contributed by atoms with Gasteiger partial charge in [-0.2, -0.15) is 0 Å². The molecule has 0 radical (unpaired) electrons. The number of ether oxygens (including phenoxy) is 1. The summed E-state index contributed by atoms with van der Waals surface area (Å²) >= 11 is 11.5. The molecule has 0 aliphatic heterocycles. The first kappa shape index (κ1) is 13.6. The van der Waals surface area contributed by atoms with Crippen LogP contribution in [0.15, 0.2) is 48.5 Å². The molecule has 0 saturated carbocycles. The van der Waals surface area contributed by atoms with E-state index in [0.29, 0.717) is 0 Å². The molecule has 0 heterocycles. The van der Waals surface area contributed by atoms with Gasteiger partial charge in [-0.1, -0.05) is 0 Å². The van der Waals surface area contributed by atoms with E-state index in [-0.39, 0.29) is 15.0 Å².